The molecule has 144 valence electrons. The van der Waals surface area contributed by atoms with Crippen LogP contribution in [0.2, 0.25) is 5.02 Å². The largest absolute Gasteiger partial charge is 0.366 e. The number of rotatable bonds is 5. The van der Waals surface area contributed by atoms with Crippen LogP contribution >= 0.6 is 22.9 Å². The van der Waals surface area contributed by atoms with Gasteiger partial charge in [-0.25, -0.2) is 8.42 Å². The van der Waals surface area contributed by atoms with Gasteiger partial charge in [-0.3, -0.25) is 9.59 Å². The number of hydrogen-bond donors (Lipinski definition) is 2. The van der Waals surface area contributed by atoms with Gasteiger partial charge in [0.25, 0.3) is 5.91 Å². The van der Waals surface area contributed by atoms with E-state index in [1.807, 2.05) is 0 Å². The van der Waals surface area contributed by atoms with Gasteiger partial charge < -0.3 is 11.1 Å². The van der Waals surface area contributed by atoms with Gasteiger partial charge in [-0.1, -0.05) is 11.6 Å². The highest BCUT2D eigenvalue weighted by Gasteiger charge is 2.33. The van der Waals surface area contributed by atoms with Crippen LogP contribution in [-0.4, -0.2) is 37.6 Å². The maximum atomic E-state index is 12.8. The third-order valence-electron chi connectivity index (χ3n) is 4.37. The van der Waals surface area contributed by atoms with E-state index >= 15 is 0 Å². The average molecular weight is 428 g/mol. The summed E-state index contributed by atoms with van der Waals surface area (Å²) in [5, 5.41) is 5.19. The molecule has 7 nitrogen and oxygen atoms in total. The molecule has 1 aromatic heterocycles. The molecule has 27 heavy (non-hydrogen) atoms. The molecule has 0 aliphatic carbocycles. The van der Waals surface area contributed by atoms with Gasteiger partial charge in [0.1, 0.15) is 5.00 Å². The number of benzene rings is 1. The highest BCUT2D eigenvalue weighted by atomic mass is 35.5. The van der Waals surface area contributed by atoms with Gasteiger partial charge in [-0.15, -0.1) is 11.3 Å². The number of carbonyl (C=O) groups is 2. The van der Waals surface area contributed by atoms with Crippen molar-refractivity contribution in [1.29, 1.82) is 0 Å². The fraction of sp³-hybridized carbons (Fsp3) is 0.294. The summed E-state index contributed by atoms with van der Waals surface area (Å²) in [7, 11) is -3.71. The van der Waals surface area contributed by atoms with Crippen molar-refractivity contribution >= 4 is 49.8 Å². The van der Waals surface area contributed by atoms with Gasteiger partial charge in [0.05, 0.1) is 16.4 Å². The summed E-state index contributed by atoms with van der Waals surface area (Å²) < 4.78 is 27.0. The number of nitrogens with two attached hydrogens (primary N) is 1. The predicted molar refractivity (Wildman–Crippen MR) is 104 cm³/mol. The lowest BCUT2D eigenvalue weighted by Gasteiger charge is -2.31. The molecular weight excluding hydrogens is 410 g/mol. The molecule has 10 heteroatoms. The van der Waals surface area contributed by atoms with E-state index in [0.717, 1.165) is 0 Å². The lowest BCUT2D eigenvalue weighted by atomic mass is 9.99. The second kappa shape index (κ2) is 7.97. The Kier molecular flexibility index (Phi) is 5.85. The lowest BCUT2D eigenvalue weighted by Crippen LogP contribution is -2.43. The van der Waals surface area contributed by atoms with Crippen molar-refractivity contribution in [3.05, 3.63) is 46.3 Å². The van der Waals surface area contributed by atoms with Crippen LogP contribution in [0.1, 0.15) is 23.2 Å². The number of hydrogen-bond acceptors (Lipinski definition) is 5. The summed E-state index contributed by atoms with van der Waals surface area (Å²) in [5.41, 5.74) is 5.53. The van der Waals surface area contributed by atoms with Gasteiger partial charge >= 0.3 is 0 Å². The zero-order valence-corrected chi connectivity index (χ0v) is 16.6. The van der Waals surface area contributed by atoms with E-state index in [9.17, 15) is 18.0 Å². The number of amides is 2. The van der Waals surface area contributed by atoms with Crippen LogP contribution in [0.4, 0.5) is 5.00 Å². The van der Waals surface area contributed by atoms with Crippen molar-refractivity contribution in [3.8, 4) is 0 Å². The Morgan fingerprint density at radius 1 is 1.22 bits per heavy atom. The van der Waals surface area contributed by atoms with Crippen molar-refractivity contribution < 1.29 is 18.0 Å². The predicted octanol–water partition coefficient (Wildman–Crippen LogP) is 2.54. The molecule has 1 atom stereocenters. The number of primary amides is 1. The van der Waals surface area contributed by atoms with E-state index in [1.165, 1.54) is 39.9 Å². The minimum atomic E-state index is -3.71. The third kappa shape index (κ3) is 4.32. The molecule has 2 amide bonds. The van der Waals surface area contributed by atoms with E-state index in [1.54, 1.807) is 11.4 Å². The van der Waals surface area contributed by atoms with Gasteiger partial charge in [0, 0.05) is 18.1 Å². The lowest BCUT2D eigenvalue weighted by molar-refractivity contribution is -0.120. The van der Waals surface area contributed by atoms with Gasteiger partial charge in [-0.05, 0) is 48.6 Å². The molecule has 1 aromatic carbocycles. The summed E-state index contributed by atoms with van der Waals surface area (Å²) in [6, 6.07) is 7.48. The Morgan fingerprint density at radius 3 is 2.59 bits per heavy atom. The van der Waals surface area contributed by atoms with Crippen molar-refractivity contribution in [2.75, 3.05) is 18.4 Å². The molecule has 3 rings (SSSR count). The standard InChI is InChI=1S/C17H18ClN3O4S2/c18-12-3-5-13(6-4-12)27(24,25)21-8-1-2-11(10-21)16(23)20-17-14(15(19)22)7-9-26-17/h3-7,9,11H,1-2,8,10H2,(H2,19,22)(H,20,23). The topological polar surface area (TPSA) is 110 Å². The number of anilines is 1. The molecular formula is C17H18ClN3O4S2. The Balaban J connectivity index is 1.73. The molecule has 0 spiro atoms. The van der Waals surface area contributed by atoms with E-state index in [4.69, 9.17) is 17.3 Å². The van der Waals surface area contributed by atoms with Crippen LogP contribution in [0.25, 0.3) is 0 Å². The Hall–Kier alpha value is -1.94. The first kappa shape index (κ1) is 19.8. The summed E-state index contributed by atoms with van der Waals surface area (Å²) in [5.74, 6) is -1.46. The number of thiophene rings is 1. The normalized spacial score (nSPS) is 18.2. The van der Waals surface area contributed by atoms with Crippen molar-refractivity contribution in [1.82, 2.24) is 4.31 Å². The van der Waals surface area contributed by atoms with Crippen molar-refractivity contribution in [2.45, 2.75) is 17.7 Å². The second-order valence-corrected chi connectivity index (χ2v) is 9.46. The number of sulfonamides is 1. The molecule has 3 N–H and O–H groups in total. The Morgan fingerprint density at radius 2 is 1.93 bits per heavy atom. The molecule has 2 heterocycles. The number of halogens is 1. The summed E-state index contributed by atoms with van der Waals surface area (Å²) >= 11 is 7.02. The summed E-state index contributed by atoms with van der Waals surface area (Å²) in [6.07, 6.45) is 1.13. The number of nitrogens with one attached hydrogen (secondary N) is 1. The van der Waals surface area contributed by atoms with Crippen LogP contribution in [0.3, 0.4) is 0 Å². The van der Waals surface area contributed by atoms with Crippen molar-refractivity contribution in [3.63, 3.8) is 0 Å². The van der Waals surface area contributed by atoms with E-state index in [2.05, 4.69) is 5.32 Å². The number of nitrogens with zero attached hydrogens (tertiary/aromatic N) is 1. The smallest absolute Gasteiger partial charge is 0.251 e. The molecule has 1 fully saturated rings. The summed E-state index contributed by atoms with van der Waals surface area (Å²) in [6.45, 7) is 0.425. The first-order chi connectivity index (χ1) is 12.8. The molecule has 2 aromatic rings. The van der Waals surface area contributed by atoms with Crippen LogP contribution in [-0.2, 0) is 14.8 Å². The Bertz CT molecular complexity index is 957. The molecule has 0 saturated carbocycles. The van der Waals surface area contributed by atoms with Gasteiger partial charge in [0.15, 0.2) is 0 Å². The average Bonchev–Trinajstić information content (AvgIpc) is 3.10. The minimum absolute atomic E-state index is 0.0775. The highest BCUT2D eigenvalue weighted by molar-refractivity contribution is 7.89. The molecule has 1 saturated heterocycles. The first-order valence-electron chi connectivity index (χ1n) is 8.23. The fourth-order valence-corrected chi connectivity index (χ4v) is 5.39. The van der Waals surface area contributed by atoms with Gasteiger partial charge in [-0.2, -0.15) is 4.31 Å². The molecule has 0 radical (unpaired) electrons. The quantitative estimate of drug-likeness (QED) is 0.763. The molecule has 1 unspecified atom stereocenters. The maximum Gasteiger partial charge on any atom is 0.251 e. The molecule has 1 aliphatic rings. The van der Waals surface area contributed by atoms with E-state index in [-0.39, 0.29) is 22.9 Å². The van der Waals surface area contributed by atoms with Crippen molar-refractivity contribution in [2.24, 2.45) is 11.7 Å². The molecule has 0 bridgehead atoms. The highest BCUT2D eigenvalue weighted by Crippen LogP contribution is 2.28. The Labute approximate surface area is 166 Å². The monoisotopic (exact) mass is 427 g/mol. The summed E-state index contributed by atoms with van der Waals surface area (Å²) in [4.78, 5) is 24.1. The number of piperidine rings is 1. The third-order valence-corrected chi connectivity index (χ3v) is 7.33. The fourth-order valence-electron chi connectivity index (χ4n) is 2.94. The van der Waals surface area contributed by atoms with E-state index in [0.29, 0.717) is 29.4 Å². The maximum absolute atomic E-state index is 12.8. The zero-order valence-electron chi connectivity index (χ0n) is 14.2. The molecule has 1 aliphatic heterocycles. The number of carbonyl (C=O) groups excluding carboxylic acids is 2. The zero-order chi connectivity index (χ0) is 19.6. The minimum Gasteiger partial charge on any atom is -0.366 e. The van der Waals surface area contributed by atoms with E-state index < -0.39 is 21.8 Å². The first-order valence-corrected chi connectivity index (χ1v) is 10.9. The van der Waals surface area contributed by atoms with Crippen LogP contribution < -0.4 is 11.1 Å². The van der Waals surface area contributed by atoms with Gasteiger partial charge in [0.2, 0.25) is 15.9 Å². The van der Waals surface area contributed by atoms with Crippen LogP contribution in [0, 0.1) is 5.92 Å². The second-order valence-electron chi connectivity index (χ2n) is 6.17. The SMILES string of the molecule is NC(=O)c1ccsc1NC(=O)C1CCCN(S(=O)(=O)c2ccc(Cl)cc2)C1. The van der Waals surface area contributed by atoms with Crippen LogP contribution in [0.15, 0.2) is 40.6 Å². The van der Waals surface area contributed by atoms with Crippen LogP contribution in [0.5, 0.6) is 0 Å².